The summed E-state index contributed by atoms with van der Waals surface area (Å²) >= 11 is 1.25. The molecule has 0 saturated heterocycles. The Kier molecular flexibility index (Phi) is 4.30. The molecule has 1 N–H and O–H groups in total. The SMILES string of the molecule is O=C(O)c1sc(-c2ccccc2)nc1CCc1ccccc1. The Morgan fingerprint density at radius 3 is 2.23 bits per heavy atom. The van der Waals surface area contributed by atoms with Crippen molar-refractivity contribution >= 4 is 17.3 Å². The first-order chi connectivity index (χ1) is 10.7. The molecule has 0 saturated carbocycles. The Morgan fingerprint density at radius 2 is 1.59 bits per heavy atom. The fourth-order valence-electron chi connectivity index (χ4n) is 2.30. The third-order valence-electron chi connectivity index (χ3n) is 3.41. The average molecular weight is 309 g/mol. The summed E-state index contributed by atoms with van der Waals surface area (Å²) in [6.07, 6.45) is 1.42. The van der Waals surface area contributed by atoms with Gasteiger partial charge in [0.25, 0.3) is 0 Å². The summed E-state index contributed by atoms with van der Waals surface area (Å²) in [7, 11) is 0. The number of hydrogen-bond donors (Lipinski definition) is 1. The normalized spacial score (nSPS) is 10.5. The van der Waals surface area contributed by atoms with E-state index >= 15 is 0 Å². The van der Waals surface area contributed by atoms with E-state index < -0.39 is 5.97 Å². The van der Waals surface area contributed by atoms with Crippen LogP contribution in [0.15, 0.2) is 60.7 Å². The number of aromatic carboxylic acids is 1. The topological polar surface area (TPSA) is 50.2 Å². The molecule has 1 aromatic heterocycles. The Morgan fingerprint density at radius 1 is 0.955 bits per heavy atom. The fourth-order valence-corrected chi connectivity index (χ4v) is 3.26. The standard InChI is InChI=1S/C18H15NO2S/c20-18(21)16-15(12-11-13-7-3-1-4-8-13)19-17(22-16)14-9-5-2-6-10-14/h1-10H,11-12H2,(H,20,21). The molecule has 22 heavy (non-hydrogen) atoms. The first-order valence-electron chi connectivity index (χ1n) is 7.06. The molecule has 0 aliphatic heterocycles. The van der Waals surface area contributed by atoms with E-state index in [4.69, 9.17) is 0 Å². The van der Waals surface area contributed by atoms with Crippen LogP contribution >= 0.6 is 11.3 Å². The van der Waals surface area contributed by atoms with Crippen molar-refractivity contribution in [1.29, 1.82) is 0 Å². The predicted molar refractivity (Wildman–Crippen MR) is 88.4 cm³/mol. The molecule has 2 aromatic carbocycles. The second kappa shape index (κ2) is 6.54. The van der Waals surface area contributed by atoms with Gasteiger partial charge in [-0.05, 0) is 18.4 Å². The minimum Gasteiger partial charge on any atom is -0.477 e. The number of carbonyl (C=O) groups is 1. The first kappa shape index (κ1) is 14.5. The molecule has 3 rings (SSSR count). The van der Waals surface area contributed by atoms with Gasteiger partial charge in [-0.1, -0.05) is 60.7 Å². The minimum atomic E-state index is -0.900. The Balaban J connectivity index is 1.86. The van der Waals surface area contributed by atoms with Gasteiger partial charge in [-0.3, -0.25) is 0 Å². The van der Waals surface area contributed by atoms with E-state index in [1.165, 1.54) is 16.9 Å². The maximum absolute atomic E-state index is 11.4. The van der Waals surface area contributed by atoms with Gasteiger partial charge in [0, 0.05) is 5.56 Å². The predicted octanol–water partition coefficient (Wildman–Crippen LogP) is 4.29. The highest BCUT2D eigenvalue weighted by atomic mass is 32.1. The molecule has 0 spiro atoms. The molecule has 1 heterocycles. The second-order valence-corrected chi connectivity index (χ2v) is 5.95. The van der Waals surface area contributed by atoms with Crippen LogP contribution in [-0.4, -0.2) is 16.1 Å². The van der Waals surface area contributed by atoms with Crippen molar-refractivity contribution in [2.75, 3.05) is 0 Å². The quantitative estimate of drug-likeness (QED) is 0.764. The van der Waals surface area contributed by atoms with Gasteiger partial charge in [0.2, 0.25) is 0 Å². The van der Waals surface area contributed by atoms with E-state index in [0.717, 1.165) is 17.0 Å². The van der Waals surface area contributed by atoms with Crippen LogP contribution < -0.4 is 0 Å². The van der Waals surface area contributed by atoms with Gasteiger partial charge >= 0.3 is 5.97 Å². The molecule has 0 aliphatic rings. The first-order valence-corrected chi connectivity index (χ1v) is 7.88. The molecule has 0 atom stereocenters. The van der Waals surface area contributed by atoms with E-state index in [2.05, 4.69) is 4.98 Å². The van der Waals surface area contributed by atoms with Crippen LogP contribution in [-0.2, 0) is 12.8 Å². The van der Waals surface area contributed by atoms with Gasteiger partial charge < -0.3 is 5.11 Å². The van der Waals surface area contributed by atoms with Gasteiger partial charge in [-0.2, -0.15) is 0 Å². The van der Waals surface area contributed by atoms with Crippen LogP contribution in [0, 0.1) is 0 Å². The molecule has 3 nitrogen and oxygen atoms in total. The third kappa shape index (κ3) is 3.23. The van der Waals surface area contributed by atoms with E-state index in [9.17, 15) is 9.90 Å². The lowest BCUT2D eigenvalue weighted by atomic mass is 10.1. The molecular formula is C18H15NO2S. The number of carboxylic acid groups (broad SMARTS) is 1. The molecule has 0 aliphatic carbocycles. The van der Waals surface area contributed by atoms with E-state index in [0.29, 0.717) is 17.0 Å². The second-order valence-electron chi connectivity index (χ2n) is 4.95. The van der Waals surface area contributed by atoms with Crippen molar-refractivity contribution in [3.05, 3.63) is 76.8 Å². The molecular weight excluding hydrogens is 294 g/mol. The van der Waals surface area contributed by atoms with Crippen molar-refractivity contribution in [2.24, 2.45) is 0 Å². The van der Waals surface area contributed by atoms with Crippen molar-refractivity contribution in [1.82, 2.24) is 4.98 Å². The number of aryl methyl sites for hydroxylation is 2. The van der Waals surface area contributed by atoms with Gasteiger partial charge in [0.15, 0.2) is 0 Å². The molecule has 4 heteroatoms. The Bertz CT molecular complexity index is 766. The van der Waals surface area contributed by atoms with Gasteiger partial charge in [0.05, 0.1) is 5.69 Å². The summed E-state index contributed by atoms with van der Waals surface area (Å²) in [5.74, 6) is -0.900. The molecule has 3 aromatic rings. The highest BCUT2D eigenvalue weighted by molar-refractivity contribution is 7.17. The fraction of sp³-hybridized carbons (Fsp3) is 0.111. The van der Waals surface area contributed by atoms with Gasteiger partial charge in [0.1, 0.15) is 9.88 Å². The Hall–Kier alpha value is -2.46. The highest BCUT2D eigenvalue weighted by Crippen LogP contribution is 2.28. The van der Waals surface area contributed by atoms with Crippen LogP contribution in [0.25, 0.3) is 10.6 Å². The average Bonchev–Trinajstić information content (AvgIpc) is 2.99. The van der Waals surface area contributed by atoms with Gasteiger partial charge in [-0.25, -0.2) is 9.78 Å². The zero-order valence-electron chi connectivity index (χ0n) is 11.9. The largest absolute Gasteiger partial charge is 0.477 e. The minimum absolute atomic E-state index is 0.342. The lowest BCUT2D eigenvalue weighted by Gasteiger charge is -2.00. The molecule has 0 radical (unpaired) electrons. The van der Waals surface area contributed by atoms with Crippen molar-refractivity contribution in [3.8, 4) is 10.6 Å². The lowest BCUT2D eigenvalue weighted by molar-refractivity contribution is 0.0700. The maximum Gasteiger partial charge on any atom is 0.347 e. The van der Waals surface area contributed by atoms with Gasteiger partial charge in [-0.15, -0.1) is 11.3 Å². The number of aromatic nitrogens is 1. The number of hydrogen-bond acceptors (Lipinski definition) is 3. The number of rotatable bonds is 5. The number of thiazole rings is 1. The molecule has 0 bridgehead atoms. The summed E-state index contributed by atoms with van der Waals surface area (Å²) in [5, 5.41) is 10.2. The lowest BCUT2D eigenvalue weighted by Crippen LogP contribution is -2.00. The molecule has 0 fully saturated rings. The van der Waals surface area contributed by atoms with Crippen LogP contribution in [0.5, 0.6) is 0 Å². The smallest absolute Gasteiger partial charge is 0.347 e. The number of nitrogens with zero attached hydrogens (tertiary/aromatic N) is 1. The maximum atomic E-state index is 11.4. The summed E-state index contributed by atoms with van der Waals surface area (Å²) in [6, 6.07) is 19.7. The molecule has 0 unspecified atom stereocenters. The number of benzene rings is 2. The number of carboxylic acids is 1. The van der Waals surface area contributed by atoms with E-state index in [1.54, 1.807) is 0 Å². The van der Waals surface area contributed by atoms with Crippen LogP contribution in [0.3, 0.4) is 0 Å². The monoisotopic (exact) mass is 309 g/mol. The Labute approximate surface area is 132 Å². The summed E-state index contributed by atoms with van der Waals surface area (Å²) < 4.78 is 0. The molecule has 0 amide bonds. The highest BCUT2D eigenvalue weighted by Gasteiger charge is 2.17. The summed E-state index contributed by atoms with van der Waals surface area (Å²) in [6.45, 7) is 0. The molecule has 110 valence electrons. The van der Waals surface area contributed by atoms with Crippen LogP contribution in [0.2, 0.25) is 0 Å². The van der Waals surface area contributed by atoms with E-state index in [1.807, 2.05) is 60.7 Å². The third-order valence-corrected chi connectivity index (χ3v) is 4.54. The van der Waals surface area contributed by atoms with Crippen LogP contribution in [0.1, 0.15) is 20.9 Å². The zero-order chi connectivity index (χ0) is 15.4. The zero-order valence-corrected chi connectivity index (χ0v) is 12.7. The van der Waals surface area contributed by atoms with Crippen molar-refractivity contribution in [3.63, 3.8) is 0 Å². The van der Waals surface area contributed by atoms with Crippen LogP contribution in [0.4, 0.5) is 0 Å². The van der Waals surface area contributed by atoms with E-state index in [-0.39, 0.29) is 0 Å². The van der Waals surface area contributed by atoms with Crippen molar-refractivity contribution in [2.45, 2.75) is 12.8 Å². The van der Waals surface area contributed by atoms with Crippen molar-refractivity contribution < 1.29 is 9.90 Å². The summed E-state index contributed by atoms with van der Waals surface area (Å²) in [4.78, 5) is 16.3. The summed E-state index contributed by atoms with van der Waals surface area (Å²) in [5.41, 5.74) is 2.81.